The molecule has 3 N–H and O–H groups in total. The van der Waals surface area contributed by atoms with Crippen LogP contribution in [0.2, 0.25) is 0 Å². The summed E-state index contributed by atoms with van der Waals surface area (Å²) in [5, 5.41) is 3.29. The van der Waals surface area contributed by atoms with Gasteiger partial charge in [-0.3, -0.25) is 0 Å². The van der Waals surface area contributed by atoms with Gasteiger partial charge in [-0.2, -0.15) is 0 Å². The molecule has 0 aliphatic carbocycles. The predicted octanol–water partition coefficient (Wildman–Crippen LogP) is 3.33. The van der Waals surface area contributed by atoms with Crippen LogP contribution in [0.15, 0.2) is 30.3 Å². The fraction of sp³-hybridized carbons (Fsp3) is 0.214. The molecule has 0 amide bonds. The standard InChI is InChI=1S/C14H17N3/c1-9-5-4-6-13(11(9)3)17-14-12(15)8-7-10(2)16-14/h4-8H,15H2,1-3H3,(H,16,17). The minimum absolute atomic E-state index is 0.663. The van der Waals surface area contributed by atoms with Crippen molar-refractivity contribution in [3.63, 3.8) is 0 Å². The summed E-state index contributed by atoms with van der Waals surface area (Å²) in [6, 6.07) is 9.93. The van der Waals surface area contributed by atoms with E-state index in [-0.39, 0.29) is 0 Å². The van der Waals surface area contributed by atoms with Gasteiger partial charge in [0.15, 0.2) is 5.82 Å². The highest BCUT2D eigenvalue weighted by atomic mass is 15.0. The summed E-state index contributed by atoms with van der Waals surface area (Å²) in [7, 11) is 0. The van der Waals surface area contributed by atoms with Crippen LogP contribution in [0.5, 0.6) is 0 Å². The zero-order chi connectivity index (χ0) is 12.4. The minimum Gasteiger partial charge on any atom is -0.396 e. The second kappa shape index (κ2) is 4.45. The van der Waals surface area contributed by atoms with Gasteiger partial charge in [-0.1, -0.05) is 12.1 Å². The fourth-order valence-corrected chi connectivity index (χ4v) is 1.68. The molecule has 0 bridgehead atoms. The van der Waals surface area contributed by atoms with Crippen molar-refractivity contribution >= 4 is 17.2 Å². The van der Waals surface area contributed by atoms with Crippen molar-refractivity contribution in [3.05, 3.63) is 47.2 Å². The van der Waals surface area contributed by atoms with E-state index in [9.17, 15) is 0 Å². The number of nitrogens with zero attached hydrogens (tertiary/aromatic N) is 1. The van der Waals surface area contributed by atoms with E-state index in [2.05, 4.69) is 30.2 Å². The van der Waals surface area contributed by atoms with Crippen molar-refractivity contribution < 1.29 is 0 Å². The van der Waals surface area contributed by atoms with Gasteiger partial charge in [0.1, 0.15) is 0 Å². The van der Waals surface area contributed by atoms with Crippen molar-refractivity contribution in [1.29, 1.82) is 0 Å². The van der Waals surface area contributed by atoms with Crippen LogP contribution >= 0.6 is 0 Å². The van der Waals surface area contributed by atoms with Crippen molar-refractivity contribution in [2.45, 2.75) is 20.8 Å². The third-order valence-electron chi connectivity index (χ3n) is 2.92. The number of aromatic nitrogens is 1. The van der Waals surface area contributed by atoms with E-state index in [1.54, 1.807) is 0 Å². The highest BCUT2D eigenvalue weighted by Gasteiger charge is 2.05. The number of benzene rings is 1. The molecule has 0 radical (unpaired) electrons. The molecular formula is C14H17N3. The summed E-state index contributed by atoms with van der Waals surface area (Å²) in [5.74, 6) is 0.721. The molecule has 0 aliphatic rings. The number of hydrogen-bond acceptors (Lipinski definition) is 3. The summed E-state index contributed by atoms with van der Waals surface area (Å²) >= 11 is 0. The Hall–Kier alpha value is -2.03. The summed E-state index contributed by atoms with van der Waals surface area (Å²) in [4.78, 5) is 4.40. The first-order valence-electron chi connectivity index (χ1n) is 5.64. The van der Waals surface area contributed by atoms with Crippen LogP contribution in [0.1, 0.15) is 16.8 Å². The Morgan fingerprint density at radius 1 is 1.06 bits per heavy atom. The maximum Gasteiger partial charge on any atom is 0.153 e. The molecule has 1 aromatic heterocycles. The molecule has 0 atom stereocenters. The van der Waals surface area contributed by atoms with Gasteiger partial charge < -0.3 is 11.1 Å². The Morgan fingerprint density at radius 3 is 2.59 bits per heavy atom. The molecule has 0 aliphatic heterocycles. The number of anilines is 3. The molecule has 2 rings (SSSR count). The third kappa shape index (κ3) is 2.38. The molecule has 17 heavy (non-hydrogen) atoms. The number of rotatable bonds is 2. The Bertz CT molecular complexity index is 547. The molecule has 1 heterocycles. The highest BCUT2D eigenvalue weighted by Crippen LogP contribution is 2.25. The Balaban J connectivity index is 2.38. The van der Waals surface area contributed by atoms with Crippen molar-refractivity contribution in [1.82, 2.24) is 4.98 Å². The first kappa shape index (κ1) is 11.5. The zero-order valence-electron chi connectivity index (χ0n) is 10.4. The maximum atomic E-state index is 5.90. The van der Waals surface area contributed by atoms with Gasteiger partial charge in [0, 0.05) is 11.4 Å². The second-order valence-corrected chi connectivity index (χ2v) is 4.26. The molecule has 3 heteroatoms. The van der Waals surface area contributed by atoms with Gasteiger partial charge in [-0.25, -0.2) is 4.98 Å². The van der Waals surface area contributed by atoms with Crippen LogP contribution in [0.25, 0.3) is 0 Å². The Morgan fingerprint density at radius 2 is 1.82 bits per heavy atom. The van der Waals surface area contributed by atoms with Crippen LogP contribution in [0.4, 0.5) is 17.2 Å². The van der Waals surface area contributed by atoms with E-state index in [4.69, 9.17) is 5.73 Å². The van der Waals surface area contributed by atoms with E-state index in [0.717, 1.165) is 17.2 Å². The van der Waals surface area contributed by atoms with Crippen LogP contribution in [0, 0.1) is 20.8 Å². The van der Waals surface area contributed by atoms with Crippen molar-refractivity contribution in [2.24, 2.45) is 0 Å². The lowest BCUT2D eigenvalue weighted by atomic mass is 10.1. The summed E-state index contributed by atoms with van der Waals surface area (Å²) in [6.07, 6.45) is 0. The average molecular weight is 227 g/mol. The Kier molecular flexibility index (Phi) is 3.00. The van der Waals surface area contributed by atoms with E-state index in [1.165, 1.54) is 11.1 Å². The van der Waals surface area contributed by atoms with Crippen LogP contribution in [0.3, 0.4) is 0 Å². The van der Waals surface area contributed by atoms with Crippen LogP contribution < -0.4 is 11.1 Å². The quantitative estimate of drug-likeness (QED) is 0.827. The molecule has 3 nitrogen and oxygen atoms in total. The van der Waals surface area contributed by atoms with E-state index >= 15 is 0 Å². The highest BCUT2D eigenvalue weighted by molar-refractivity contribution is 5.70. The van der Waals surface area contributed by atoms with E-state index < -0.39 is 0 Å². The zero-order valence-corrected chi connectivity index (χ0v) is 10.4. The summed E-state index contributed by atoms with van der Waals surface area (Å²) < 4.78 is 0. The Labute approximate surface area is 102 Å². The largest absolute Gasteiger partial charge is 0.396 e. The topological polar surface area (TPSA) is 50.9 Å². The van der Waals surface area contributed by atoms with Gasteiger partial charge in [-0.15, -0.1) is 0 Å². The molecule has 1 aromatic carbocycles. The first-order valence-corrected chi connectivity index (χ1v) is 5.64. The molecule has 0 saturated carbocycles. The van der Waals surface area contributed by atoms with E-state index in [1.807, 2.05) is 31.2 Å². The minimum atomic E-state index is 0.663. The molecule has 0 unspecified atom stereocenters. The molecular weight excluding hydrogens is 210 g/mol. The molecule has 88 valence electrons. The molecule has 0 spiro atoms. The van der Waals surface area contributed by atoms with Crippen LogP contribution in [-0.2, 0) is 0 Å². The summed E-state index contributed by atoms with van der Waals surface area (Å²) in [6.45, 7) is 6.13. The van der Waals surface area contributed by atoms with Gasteiger partial charge in [0.05, 0.1) is 5.69 Å². The van der Waals surface area contributed by atoms with Gasteiger partial charge in [0.25, 0.3) is 0 Å². The monoisotopic (exact) mass is 227 g/mol. The number of nitrogens with one attached hydrogen (secondary N) is 1. The number of aryl methyl sites for hydroxylation is 2. The predicted molar refractivity (Wildman–Crippen MR) is 72.6 cm³/mol. The summed E-state index contributed by atoms with van der Waals surface area (Å²) in [5.41, 5.74) is 11.0. The number of pyridine rings is 1. The number of hydrogen-bond donors (Lipinski definition) is 2. The molecule has 2 aromatic rings. The van der Waals surface area contributed by atoms with Gasteiger partial charge >= 0.3 is 0 Å². The fourth-order valence-electron chi connectivity index (χ4n) is 1.68. The normalized spacial score (nSPS) is 10.3. The number of nitrogen functional groups attached to an aromatic ring is 1. The SMILES string of the molecule is Cc1ccc(N)c(Nc2cccc(C)c2C)n1. The van der Waals surface area contributed by atoms with Crippen molar-refractivity contribution in [3.8, 4) is 0 Å². The third-order valence-corrected chi connectivity index (χ3v) is 2.92. The second-order valence-electron chi connectivity index (χ2n) is 4.26. The lowest BCUT2D eigenvalue weighted by Crippen LogP contribution is -2.01. The van der Waals surface area contributed by atoms with Crippen molar-refractivity contribution in [2.75, 3.05) is 11.1 Å². The van der Waals surface area contributed by atoms with Crippen LogP contribution in [-0.4, -0.2) is 4.98 Å². The maximum absolute atomic E-state index is 5.90. The average Bonchev–Trinajstić information content (AvgIpc) is 2.30. The molecule has 0 fully saturated rings. The molecule has 0 saturated heterocycles. The first-order chi connectivity index (χ1) is 8.08. The van der Waals surface area contributed by atoms with E-state index in [0.29, 0.717) is 5.69 Å². The lowest BCUT2D eigenvalue weighted by molar-refractivity contribution is 1.20. The smallest absolute Gasteiger partial charge is 0.153 e. The van der Waals surface area contributed by atoms with Gasteiger partial charge in [0.2, 0.25) is 0 Å². The van der Waals surface area contributed by atoms with Gasteiger partial charge in [-0.05, 0) is 50.1 Å². The number of nitrogens with two attached hydrogens (primary N) is 1. The lowest BCUT2D eigenvalue weighted by Gasteiger charge is -2.12.